The Balaban J connectivity index is 2.00. The summed E-state index contributed by atoms with van der Waals surface area (Å²) < 4.78 is 2.17. The lowest BCUT2D eigenvalue weighted by Crippen LogP contribution is -2.11. The number of nitrogens with one attached hydrogen (secondary N) is 1. The van der Waals surface area contributed by atoms with Crippen molar-refractivity contribution in [1.82, 2.24) is 19.4 Å². The van der Waals surface area contributed by atoms with Gasteiger partial charge in [0.25, 0.3) is 0 Å². The number of benzene rings is 1. The van der Waals surface area contributed by atoms with Gasteiger partial charge >= 0.3 is 0 Å². The molecule has 0 fully saturated rings. The van der Waals surface area contributed by atoms with E-state index in [0.29, 0.717) is 5.92 Å². The maximum atomic E-state index is 4.78. The van der Waals surface area contributed by atoms with Crippen LogP contribution in [-0.2, 0) is 0 Å². The van der Waals surface area contributed by atoms with Crippen molar-refractivity contribution in [3.63, 3.8) is 0 Å². The maximum absolute atomic E-state index is 4.78. The monoisotopic (exact) mass is 317 g/mol. The average molecular weight is 317 g/mol. The van der Waals surface area contributed by atoms with Crippen LogP contribution in [0.5, 0.6) is 0 Å². The van der Waals surface area contributed by atoms with Crippen LogP contribution in [0.15, 0.2) is 55.0 Å². The highest BCUT2D eigenvalue weighted by atomic mass is 15.1. The average Bonchev–Trinajstić information content (AvgIpc) is 3.06. The molecule has 5 heteroatoms. The summed E-state index contributed by atoms with van der Waals surface area (Å²) >= 11 is 0. The molecule has 0 aliphatic rings. The van der Waals surface area contributed by atoms with Crippen molar-refractivity contribution < 1.29 is 0 Å². The third-order valence-electron chi connectivity index (χ3n) is 3.98. The standard InChI is InChI=1S/C19H19N5/c1-13(2)11-21-18-19-22-12-17(14-7-9-20-10-8-14)24(19)16-6-4-3-5-15(16)23-18/h3-10,12-13H,11H2,1-2H3,(H,21,23). The first-order valence-electron chi connectivity index (χ1n) is 8.14. The Bertz CT molecular complexity index is 989. The molecule has 24 heavy (non-hydrogen) atoms. The second kappa shape index (κ2) is 5.92. The van der Waals surface area contributed by atoms with Gasteiger partial charge in [-0.3, -0.25) is 9.38 Å². The van der Waals surface area contributed by atoms with Gasteiger partial charge in [0.2, 0.25) is 0 Å². The maximum Gasteiger partial charge on any atom is 0.181 e. The molecule has 0 aliphatic carbocycles. The number of fused-ring (bicyclic) bond motifs is 3. The van der Waals surface area contributed by atoms with E-state index in [4.69, 9.17) is 4.98 Å². The molecule has 0 radical (unpaired) electrons. The van der Waals surface area contributed by atoms with E-state index in [2.05, 4.69) is 39.6 Å². The van der Waals surface area contributed by atoms with Gasteiger partial charge in [0.15, 0.2) is 11.5 Å². The lowest BCUT2D eigenvalue weighted by Gasteiger charge is -2.12. The third kappa shape index (κ3) is 2.48. The highest BCUT2D eigenvalue weighted by Crippen LogP contribution is 2.28. The fourth-order valence-corrected chi connectivity index (χ4v) is 2.83. The summed E-state index contributed by atoms with van der Waals surface area (Å²) in [6.45, 7) is 5.22. The van der Waals surface area contributed by atoms with Gasteiger partial charge in [0.05, 0.1) is 22.9 Å². The Morgan fingerprint density at radius 3 is 2.67 bits per heavy atom. The number of nitrogens with zero attached hydrogens (tertiary/aromatic N) is 4. The Labute approximate surface area is 140 Å². The zero-order valence-electron chi connectivity index (χ0n) is 13.8. The minimum Gasteiger partial charge on any atom is -0.367 e. The van der Waals surface area contributed by atoms with E-state index in [1.54, 1.807) is 12.4 Å². The first-order chi connectivity index (χ1) is 11.7. The summed E-state index contributed by atoms with van der Waals surface area (Å²) in [5.74, 6) is 1.36. The largest absolute Gasteiger partial charge is 0.367 e. The molecule has 3 heterocycles. The molecule has 0 bridgehead atoms. The van der Waals surface area contributed by atoms with E-state index in [9.17, 15) is 0 Å². The highest BCUT2D eigenvalue weighted by molar-refractivity contribution is 5.86. The molecule has 0 saturated carbocycles. The van der Waals surface area contributed by atoms with Crippen molar-refractivity contribution in [1.29, 1.82) is 0 Å². The molecule has 1 aromatic carbocycles. The first kappa shape index (κ1) is 14.6. The molecule has 0 unspecified atom stereocenters. The number of anilines is 1. The molecule has 120 valence electrons. The smallest absolute Gasteiger partial charge is 0.181 e. The van der Waals surface area contributed by atoms with E-state index >= 15 is 0 Å². The molecular weight excluding hydrogens is 298 g/mol. The number of rotatable bonds is 4. The second-order valence-electron chi connectivity index (χ2n) is 6.26. The fraction of sp³-hybridized carbons (Fsp3) is 0.211. The normalized spacial score (nSPS) is 11.5. The summed E-state index contributed by atoms with van der Waals surface area (Å²) in [6, 6.07) is 12.1. The molecule has 0 spiro atoms. The molecule has 1 N–H and O–H groups in total. The Morgan fingerprint density at radius 1 is 1.08 bits per heavy atom. The van der Waals surface area contributed by atoms with E-state index < -0.39 is 0 Å². The Hall–Kier alpha value is -2.95. The van der Waals surface area contributed by atoms with Crippen molar-refractivity contribution in [2.75, 3.05) is 11.9 Å². The summed E-state index contributed by atoms with van der Waals surface area (Å²) in [5.41, 5.74) is 4.97. The van der Waals surface area contributed by atoms with Crippen LogP contribution in [0.4, 0.5) is 5.82 Å². The van der Waals surface area contributed by atoms with Gasteiger partial charge in [-0.1, -0.05) is 26.0 Å². The van der Waals surface area contributed by atoms with Gasteiger partial charge in [-0.25, -0.2) is 9.97 Å². The summed E-state index contributed by atoms with van der Waals surface area (Å²) in [5, 5.41) is 3.44. The van der Waals surface area contributed by atoms with Gasteiger partial charge in [0.1, 0.15) is 0 Å². The van der Waals surface area contributed by atoms with Crippen LogP contribution in [0, 0.1) is 5.92 Å². The number of pyridine rings is 1. The van der Waals surface area contributed by atoms with Crippen LogP contribution in [0.2, 0.25) is 0 Å². The number of hydrogen-bond donors (Lipinski definition) is 1. The topological polar surface area (TPSA) is 55.1 Å². The third-order valence-corrected chi connectivity index (χ3v) is 3.98. The molecule has 0 atom stereocenters. The van der Waals surface area contributed by atoms with Crippen molar-refractivity contribution in [3.8, 4) is 11.3 Å². The van der Waals surface area contributed by atoms with Crippen LogP contribution in [-0.4, -0.2) is 25.9 Å². The predicted octanol–water partition coefficient (Wildman–Crippen LogP) is 4.01. The van der Waals surface area contributed by atoms with Crippen molar-refractivity contribution in [2.24, 2.45) is 5.92 Å². The van der Waals surface area contributed by atoms with Crippen LogP contribution >= 0.6 is 0 Å². The predicted molar refractivity (Wildman–Crippen MR) is 97.1 cm³/mol. The van der Waals surface area contributed by atoms with Crippen LogP contribution < -0.4 is 5.32 Å². The van der Waals surface area contributed by atoms with Gasteiger partial charge in [0, 0.05) is 24.5 Å². The van der Waals surface area contributed by atoms with Crippen LogP contribution in [0.3, 0.4) is 0 Å². The van der Waals surface area contributed by atoms with Crippen LogP contribution in [0.25, 0.3) is 27.9 Å². The van der Waals surface area contributed by atoms with Crippen molar-refractivity contribution >= 4 is 22.5 Å². The summed E-state index contributed by atoms with van der Waals surface area (Å²) in [6.07, 6.45) is 5.51. The number of aromatic nitrogens is 4. The van der Waals surface area contributed by atoms with Gasteiger partial charge in [-0.2, -0.15) is 0 Å². The van der Waals surface area contributed by atoms with Crippen molar-refractivity contribution in [3.05, 3.63) is 55.0 Å². The first-order valence-corrected chi connectivity index (χ1v) is 8.14. The molecule has 4 aromatic rings. The number of para-hydroxylation sites is 2. The molecule has 3 aromatic heterocycles. The zero-order chi connectivity index (χ0) is 16.5. The van der Waals surface area contributed by atoms with E-state index in [1.165, 1.54) is 0 Å². The van der Waals surface area contributed by atoms with Gasteiger partial charge < -0.3 is 5.32 Å². The number of imidazole rings is 1. The zero-order valence-corrected chi connectivity index (χ0v) is 13.8. The lowest BCUT2D eigenvalue weighted by molar-refractivity contribution is 0.687. The van der Waals surface area contributed by atoms with E-state index in [1.807, 2.05) is 36.5 Å². The van der Waals surface area contributed by atoms with Crippen LogP contribution in [0.1, 0.15) is 13.8 Å². The van der Waals surface area contributed by atoms with Crippen molar-refractivity contribution in [2.45, 2.75) is 13.8 Å². The SMILES string of the molecule is CC(C)CNc1nc2ccccc2n2c(-c3ccncc3)cnc12. The minimum atomic E-state index is 0.535. The van der Waals surface area contributed by atoms with E-state index in [-0.39, 0.29) is 0 Å². The molecule has 4 rings (SSSR count). The van der Waals surface area contributed by atoms with Gasteiger partial charge in [-0.05, 0) is 30.2 Å². The molecule has 5 nitrogen and oxygen atoms in total. The molecular formula is C19H19N5. The second-order valence-corrected chi connectivity index (χ2v) is 6.26. The Morgan fingerprint density at radius 2 is 1.88 bits per heavy atom. The summed E-state index contributed by atoms with van der Waals surface area (Å²) in [7, 11) is 0. The fourth-order valence-electron chi connectivity index (χ4n) is 2.83. The molecule has 0 aliphatic heterocycles. The molecule has 0 saturated heterocycles. The summed E-state index contributed by atoms with van der Waals surface area (Å²) in [4.78, 5) is 13.5. The highest BCUT2D eigenvalue weighted by Gasteiger charge is 2.14. The lowest BCUT2D eigenvalue weighted by atomic mass is 10.2. The van der Waals surface area contributed by atoms with E-state index in [0.717, 1.165) is 40.3 Å². The quantitative estimate of drug-likeness (QED) is 0.618. The van der Waals surface area contributed by atoms with Gasteiger partial charge in [-0.15, -0.1) is 0 Å². The Kier molecular flexibility index (Phi) is 3.61. The molecule has 0 amide bonds. The minimum absolute atomic E-state index is 0.535. The number of hydrogen-bond acceptors (Lipinski definition) is 4.